The van der Waals surface area contributed by atoms with E-state index in [-0.39, 0.29) is 16.1 Å². The molecule has 0 saturated carbocycles. The average Bonchev–Trinajstić information content (AvgIpc) is 2.43. The first kappa shape index (κ1) is 15.0. The van der Waals surface area contributed by atoms with Crippen molar-refractivity contribution in [3.8, 4) is 0 Å². The third kappa shape index (κ3) is 3.20. The number of anilines is 1. The summed E-state index contributed by atoms with van der Waals surface area (Å²) < 4.78 is 13.8. The van der Waals surface area contributed by atoms with Crippen LogP contribution in [0.2, 0.25) is 5.02 Å². The van der Waals surface area contributed by atoms with E-state index >= 15 is 0 Å². The largest absolute Gasteiger partial charge is 0.478 e. The zero-order valence-electron chi connectivity index (χ0n) is 11.0. The molecule has 2 aromatic rings. The Kier molecular flexibility index (Phi) is 4.23. The van der Waals surface area contributed by atoms with Crippen molar-refractivity contribution in [2.24, 2.45) is 0 Å². The number of benzene rings is 2. The Labute approximate surface area is 125 Å². The summed E-state index contributed by atoms with van der Waals surface area (Å²) in [5.41, 5.74) is 0.792. The highest BCUT2D eigenvalue weighted by Gasteiger charge is 2.15. The SMILES string of the molecule is Cc1ccc(C(=O)O)cc1NC(=O)c1cccc(Cl)c1F. The molecule has 0 radical (unpaired) electrons. The van der Waals surface area contributed by atoms with Gasteiger partial charge in [0.05, 0.1) is 16.1 Å². The molecule has 4 nitrogen and oxygen atoms in total. The molecule has 0 spiro atoms. The highest BCUT2D eigenvalue weighted by atomic mass is 35.5. The third-order valence-corrected chi connectivity index (χ3v) is 3.22. The number of carboxylic acid groups (broad SMARTS) is 1. The number of rotatable bonds is 3. The molecule has 2 rings (SSSR count). The second kappa shape index (κ2) is 5.93. The highest BCUT2D eigenvalue weighted by molar-refractivity contribution is 6.31. The van der Waals surface area contributed by atoms with Crippen molar-refractivity contribution in [3.05, 3.63) is 63.9 Å². The van der Waals surface area contributed by atoms with E-state index in [9.17, 15) is 14.0 Å². The molecule has 21 heavy (non-hydrogen) atoms. The minimum absolute atomic E-state index is 0.0301. The fraction of sp³-hybridized carbons (Fsp3) is 0.0667. The smallest absolute Gasteiger partial charge is 0.335 e. The van der Waals surface area contributed by atoms with Gasteiger partial charge in [-0.05, 0) is 36.8 Å². The topological polar surface area (TPSA) is 66.4 Å². The molecule has 0 aromatic heterocycles. The molecule has 0 aliphatic heterocycles. The van der Waals surface area contributed by atoms with Crippen molar-refractivity contribution in [1.82, 2.24) is 0 Å². The van der Waals surface area contributed by atoms with Gasteiger partial charge in [0, 0.05) is 5.69 Å². The van der Waals surface area contributed by atoms with Gasteiger partial charge in [0.25, 0.3) is 5.91 Å². The predicted molar refractivity (Wildman–Crippen MR) is 77.5 cm³/mol. The Morgan fingerprint density at radius 3 is 2.62 bits per heavy atom. The van der Waals surface area contributed by atoms with E-state index < -0.39 is 17.7 Å². The second-order valence-corrected chi connectivity index (χ2v) is 4.80. The van der Waals surface area contributed by atoms with Crippen molar-refractivity contribution < 1.29 is 19.1 Å². The summed E-state index contributed by atoms with van der Waals surface area (Å²) in [7, 11) is 0. The van der Waals surface area contributed by atoms with E-state index in [1.165, 1.54) is 30.3 Å². The van der Waals surface area contributed by atoms with E-state index in [1.54, 1.807) is 13.0 Å². The molecule has 0 saturated heterocycles. The molecule has 0 aliphatic carbocycles. The molecule has 2 N–H and O–H groups in total. The van der Waals surface area contributed by atoms with Crippen LogP contribution in [0.1, 0.15) is 26.3 Å². The number of carbonyl (C=O) groups excluding carboxylic acids is 1. The fourth-order valence-corrected chi connectivity index (χ4v) is 1.93. The summed E-state index contributed by atoms with van der Waals surface area (Å²) in [5, 5.41) is 11.3. The zero-order chi connectivity index (χ0) is 15.6. The van der Waals surface area contributed by atoms with Gasteiger partial charge in [0.2, 0.25) is 0 Å². The maximum Gasteiger partial charge on any atom is 0.335 e. The van der Waals surface area contributed by atoms with Crippen molar-refractivity contribution in [3.63, 3.8) is 0 Å². The van der Waals surface area contributed by atoms with Crippen molar-refractivity contribution >= 4 is 29.2 Å². The van der Waals surface area contributed by atoms with Crippen LogP contribution in [0.15, 0.2) is 36.4 Å². The Bertz CT molecular complexity index is 731. The zero-order valence-corrected chi connectivity index (χ0v) is 11.7. The minimum Gasteiger partial charge on any atom is -0.478 e. The number of nitrogens with one attached hydrogen (secondary N) is 1. The van der Waals surface area contributed by atoms with Gasteiger partial charge in [-0.1, -0.05) is 23.7 Å². The number of carbonyl (C=O) groups is 2. The minimum atomic E-state index is -1.11. The molecule has 0 atom stereocenters. The number of halogens is 2. The van der Waals surface area contributed by atoms with Crippen LogP contribution in [-0.4, -0.2) is 17.0 Å². The summed E-state index contributed by atoms with van der Waals surface area (Å²) >= 11 is 5.63. The maximum absolute atomic E-state index is 13.8. The summed E-state index contributed by atoms with van der Waals surface area (Å²) in [5.74, 6) is -2.62. The van der Waals surface area contributed by atoms with Gasteiger partial charge in [-0.15, -0.1) is 0 Å². The number of carboxylic acids is 1. The number of aryl methyl sites for hydroxylation is 1. The quantitative estimate of drug-likeness (QED) is 0.907. The standard InChI is InChI=1S/C15H11ClFNO3/c1-8-5-6-9(15(20)21)7-12(8)18-14(19)10-3-2-4-11(16)13(10)17/h2-7H,1H3,(H,18,19)(H,20,21). The highest BCUT2D eigenvalue weighted by Crippen LogP contribution is 2.21. The lowest BCUT2D eigenvalue weighted by Crippen LogP contribution is -2.15. The predicted octanol–water partition coefficient (Wildman–Crippen LogP) is 3.74. The van der Waals surface area contributed by atoms with Gasteiger partial charge in [0.15, 0.2) is 5.82 Å². The molecular weight excluding hydrogens is 297 g/mol. The number of aromatic carboxylic acids is 1. The molecule has 1 amide bonds. The van der Waals surface area contributed by atoms with Crippen LogP contribution < -0.4 is 5.32 Å². The van der Waals surface area contributed by atoms with Crippen LogP contribution in [0.5, 0.6) is 0 Å². The molecule has 0 bridgehead atoms. The van der Waals surface area contributed by atoms with E-state index in [4.69, 9.17) is 16.7 Å². The first-order valence-corrected chi connectivity index (χ1v) is 6.37. The Morgan fingerprint density at radius 2 is 1.95 bits per heavy atom. The molecule has 0 unspecified atom stereocenters. The molecule has 6 heteroatoms. The summed E-state index contributed by atoms with van der Waals surface area (Å²) in [6, 6.07) is 8.40. The Balaban J connectivity index is 2.33. The number of hydrogen-bond acceptors (Lipinski definition) is 2. The first-order valence-electron chi connectivity index (χ1n) is 5.99. The van der Waals surface area contributed by atoms with E-state index in [0.717, 1.165) is 0 Å². The van der Waals surface area contributed by atoms with Crippen molar-refractivity contribution in [2.45, 2.75) is 6.92 Å². The lowest BCUT2D eigenvalue weighted by Gasteiger charge is -2.10. The summed E-state index contributed by atoms with van der Waals surface area (Å²) in [4.78, 5) is 23.0. The van der Waals surface area contributed by atoms with E-state index in [1.807, 2.05) is 0 Å². The first-order chi connectivity index (χ1) is 9.90. The van der Waals surface area contributed by atoms with E-state index in [2.05, 4.69) is 5.32 Å². The van der Waals surface area contributed by atoms with Crippen LogP contribution in [0.25, 0.3) is 0 Å². The van der Waals surface area contributed by atoms with Crippen LogP contribution in [0.4, 0.5) is 10.1 Å². The lowest BCUT2D eigenvalue weighted by atomic mass is 10.1. The van der Waals surface area contributed by atoms with Gasteiger partial charge in [-0.3, -0.25) is 4.79 Å². The van der Waals surface area contributed by atoms with Crippen LogP contribution in [-0.2, 0) is 0 Å². The fourth-order valence-electron chi connectivity index (χ4n) is 1.76. The molecule has 0 heterocycles. The van der Waals surface area contributed by atoms with Gasteiger partial charge >= 0.3 is 5.97 Å². The molecule has 2 aromatic carbocycles. The number of hydrogen-bond donors (Lipinski definition) is 2. The Morgan fingerprint density at radius 1 is 1.24 bits per heavy atom. The van der Waals surface area contributed by atoms with Gasteiger partial charge in [-0.25, -0.2) is 9.18 Å². The molecule has 0 aliphatic rings. The van der Waals surface area contributed by atoms with Gasteiger partial charge < -0.3 is 10.4 Å². The maximum atomic E-state index is 13.8. The van der Waals surface area contributed by atoms with Crippen LogP contribution >= 0.6 is 11.6 Å². The normalized spacial score (nSPS) is 10.2. The summed E-state index contributed by atoms with van der Waals surface area (Å²) in [6.45, 7) is 1.70. The van der Waals surface area contributed by atoms with Crippen molar-refractivity contribution in [2.75, 3.05) is 5.32 Å². The van der Waals surface area contributed by atoms with Crippen molar-refractivity contribution in [1.29, 1.82) is 0 Å². The monoisotopic (exact) mass is 307 g/mol. The second-order valence-electron chi connectivity index (χ2n) is 4.39. The van der Waals surface area contributed by atoms with E-state index in [0.29, 0.717) is 11.3 Å². The molecule has 108 valence electrons. The van der Waals surface area contributed by atoms with Crippen LogP contribution in [0, 0.1) is 12.7 Å². The number of amides is 1. The Hall–Kier alpha value is -2.40. The lowest BCUT2D eigenvalue weighted by molar-refractivity contribution is 0.0696. The third-order valence-electron chi connectivity index (χ3n) is 2.93. The van der Waals surface area contributed by atoms with Crippen LogP contribution in [0.3, 0.4) is 0 Å². The molecule has 0 fully saturated rings. The van der Waals surface area contributed by atoms with Gasteiger partial charge in [-0.2, -0.15) is 0 Å². The summed E-state index contributed by atoms with van der Waals surface area (Å²) in [6.07, 6.45) is 0. The molecular formula is C15H11ClFNO3. The van der Waals surface area contributed by atoms with Gasteiger partial charge in [0.1, 0.15) is 0 Å². The average molecular weight is 308 g/mol.